The standard InChI is InChI=1S/C19H22BrN9/c1-27-7-4-8-28(10-9-27)19-25-17-13(20)11-22-29(17)18(26-19)21-12-16-23-14-5-2-3-6-15(14)24-16/h2-3,5-6,11H,4,7-10,12H2,1H3,(H,23,24)(H,21,25,26). The molecule has 0 bridgehead atoms. The van der Waals surface area contributed by atoms with Crippen LogP contribution in [0, 0.1) is 0 Å². The Hall–Kier alpha value is -2.72. The first-order valence-corrected chi connectivity index (χ1v) is 10.5. The summed E-state index contributed by atoms with van der Waals surface area (Å²) in [5.74, 6) is 2.22. The van der Waals surface area contributed by atoms with Crippen LogP contribution in [0.3, 0.4) is 0 Å². The van der Waals surface area contributed by atoms with Gasteiger partial charge < -0.3 is 20.1 Å². The largest absolute Gasteiger partial charge is 0.347 e. The molecule has 0 unspecified atom stereocenters. The molecule has 1 aliphatic rings. The topological polar surface area (TPSA) is 90.3 Å². The molecule has 9 nitrogen and oxygen atoms in total. The van der Waals surface area contributed by atoms with E-state index in [1.54, 1.807) is 10.7 Å². The van der Waals surface area contributed by atoms with Crippen molar-refractivity contribution in [2.24, 2.45) is 0 Å². The summed E-state index contributed by atoms with van der Waals surface area (Å²) < 4.78 is 2.57. The number of anilines is 2. The first-order valence-electron chi connectivity index (χ1n) is 9.69. The third-order valence-electron chi connectivity index (χ3n) is 5.17. The third kappa shape index (κ3) is 3.65. The van der Waals surface area contributed by atoms with Crippen LogP contribution in [0.4, 0.5) is 11.9 Å². The molecular formula is C19H22BrN9. The number of nitrogens with zero attached hydrogens (tertiary/aromatic N) is 7. The normalized spacial score (nSPS) is 15.9. The molecule has 1 aromatic carbocycles. The van der Waals surface area contributed by atoms with Crippen LogP contribution in [0.25, 0.3) is 16.7 Å². The molecule has 4 heterocycles. The average molecular weight is 456 g/mol. The number of fused-ring (bicyclic) bond motifs is 2. The van der Waals surface area contributed by atoms with Crippen molar-refractivity contribution in [3.8, 4) is 0 Å². The zero-order chi connectivity index (χ0) is 19.8. The zero-order valence-electron chi connectivity index (χ0n) is 16.1. The highest BCUT2D eigenvalue weighted by Crippen LogP contribution is 2.22. The summed E-state index contributed by atoms with van der Waals surface area (Å²) in [5.41, 5.74) is 2.72. The molecule has 0 saturated carbocycles. The Morgan fingerprint density at radius 2 is 2.00 bits per heavy atom. The Morgan fingerprint density at radius 3 is 2.90 bits per heavy atom. The fraction of sp³-hybridized carbons (Fsp3) is 0.368. The Balaban J connectivity index is 1.45. The van der Waals surface area contributed by atoms with Gasteiger partial charge in [0.2, 0.25) is 11.9 Å². The Kier molecular flexibility index (Phi) is 4.80. The van der Waals surface area contributed by atoms with Gasteiger partial charge >= 0.3 is 0 Å². The van der Waals surface area contributed by atoms with E-state index in [4.69, 9.17) is 9.97 Å². The van der Waals surface area contributed by atoms with Gasteiger partial charge in [-0.05, 0) is 48.1 Å². The zero-order valence-corrected chi connectivity index (χ0v) is 17.7. The van der Waals surface area contributed by atoms with E-state index in [2.05, 4.69) is 53.2 Å². The molecule has 150 valence electrons. The lowest BCUT2D eigenvalue weighted by Crippen LogP contribution is -2.30. The van der Waals surface area contributed by atoms with Gasteiger partial charge in [-0.3, -0.25) is 0 Å². The number of imidazole rings is 1. The maximum absolute atomic E-state index is 4.80. The van der Waals surface area contributed by atoms with Crippen LogP contribution < -0.4 is 10.2 Å². The van der Waals surface area contributed by atoms with Crippen LogP contribution in [-0.2, 0) is 6.54 Å². The quantitative estimate of drug-likeness (QED) is 0.488. The van der Waals surface area contributed by atoms with Crippen LogP contribution in [0.1, 0.15) is 12.2 Å². The molecule has 1 fully saturated rings. The lowest BCUT2D eigenvalue weighted by molar-refractivity contribution is 0.360. The number of aromatic nitrogens is 6. The Labute approximate surface area is 176 Å². The van der Waals surface area contributed by atoms with Gasteiger partial charge in [0.1, 0.15) is 5.82 Å². The monoisotopic (exact) mass is 455 g/mol. The number of hydrogen-bond donors (Lipinski definition) is 2. The summed E-state index contributed by atoms with van der Waals surface area (Å²) >= 11 is 3.56. The maximum Gasteiger partial charge on any atom is 0.230 e. The van der Waals surface area contributed by atoms with Crippen molar-refractivity contribution in [3.05, 3.63) is 40.8 Å². The van der Waals surface area contributed by atoms with Crippen molar-refractivity contribution >= 4 is 44.5 Å². The minimum absolute atomic E-state index is 0.514. The van der Waals surface area contributed by atoms with E-state index in [0.717, 1.165) is 65.5 Å². The first-order chi connectivity index (χ1) is 14.2. The Bertz CT molecular complexity index is 1120. The van der Waals surface area contributed by atoms with Gasteiger partial charge in [-0.15, -0.1) is 0 Å². The van der Waals surface area contributed by atoms with E-state index in [-0.39, 0.29) is 0 Å². The number of nitrogens with one attached hydrogen (secondary N) is 2. The van der Waals surface area contributed by atoms with Gasteiger partial charge in [0.05, 0.1) is 28.2 Å². The van der Waals surface area contributed by atoms with E-state index in [9.17, 15) is 0 Å². The Morgan fingerprint density at radius 1 is 1.10 bits per heavy atom. The second-order valence-electron chi connectivity index (χ2n) is 7.27. The van der Waals surface area contributed by atoms with Crippen LogP contribution in [0.5, 0.6) is 0 Å². The summed E-state index contributed by atoms with van der Waals surface area (Å²) in [6, 6.07) is 8.00. The van der Waals surface area contributed by atoms with Crippen molar-refractivity contribution in [2.75, 3.05) is 43.4 Å². The van der Waals surface area contributed by atoms with Crippen LogP contribution in [0.2, 0.25) is 0 Å². The van der Waals surface area contributed by atoms with Gasteiger partial charge in [-0.2, -0.15) is 19.6 Å². The lowest BCUT2D eigenvalue weighted by atomic mass is 10.3. The highest BCUT2D eigenvalue weighted by molar-refractivity contribution is 9.10. The van der Waals surface area contributed by atoms with E-state index in [1.165, 1.54) is 0 Å². The number of aromatic amines is 1. The highest BCUT2D eigenvalue weighted by Gasteiger charge is 2.19. The molecule has 0 spiro atoms. The molecule has 1 aliphatic heterocycles. The lowest BCUT2D eigenvalue weighted by Gasteiger charge is -2.21. The molecule has 2 N–H and O–H groups in total. The number of H-pyrrole nitrogens is 1. The van der Waals surface area contributed by atoms with Crippen molar-refractivity contribution < 1.29 is 0 Å². The van der Waals surface area contributed by atoms with E-state index in [0.29, 0.717) is 12.5 Å². The number of likely N-dealkylation sites (N-methyl/N-ethyl adjacent to an activating group) is 1. The van der Waals surface area contributed by atoms with Gasteiger partial charge in [0.25, 0.3) is 0 Å². The molecule has 1 saturated heterocycles. The molecule has 0 atom stereocenters. The first kappa shape index (κ1) is 18.3. The predicted molar refractivity (Wildman–Crippen MR) is 116 cm³/mol. The van der Waals surface area contributed by atoms with Crippen molar-refractivity contribution in [1.29, 1.82) is 0 Å². The number of hydrogen-bond acceptors (Lipinski definition) is 7. The van der Waals surface area contributed by atoms with Crippen LogP contribution >= 0.6 is 15.9 Å². The summed E-state index contributed by atoms with van der Waals surface area (Å²) in [7, 11) is 2.15. The van der Waals surface area contributed by atoms with E-state index < -0.39 is 0 Å². The molecule has 29 heavy (non-hydrogen) atoms. The fourth-order valence-corrected chi connectivity index (χ4v) is 3.94. The summed E-state index contributed by atoms with van der Waals surface area (Å²) in [6.45, 7) is 4.44. The molecule has 3 aromatic heterocycles. The number of para-hydroxylation sites is 2. The van der Waals surface area contributed by atoms with Gasteiger partial charge in [0.15, 0.2) is 5.65 Å². The minimum atomic E-state index is 0.514. The molecule has 10 heteroatoms. The molecule has 0 amide bonds. The number of rotatable bonds is 4. The second kappa shape index (κ2) is 7.60. The molecule has 5 rings (SSSR count). The SMILES string of the molecule is CN1CCCN(c2nc(NCc3nc4ccccc4[nH]3)n3ncc(Br)c3n2)CC1. The smallest absolute Gasteiger partial charge is 0.230 e. The molecule has 0 radical (unpaired) electrons. The predicted octanol–water partition coefficient (Wildman–Crippen LogP) is 2.52. The fourth-order valence-electron chi connectivity index (χ4n) is 3.59. The average Bonchev–Trinajstić information content (AvgIpc) is 3.24. The van der Waals surface area contributed by atoms with Crippen molar-refractivity contribution in [1.82, 2.24) is 34.4 Å². The van der Waals surface area contributed by atoms with E-state index >= 15 is 0 Å². The van der Waals surface area contributed by atoms with E-state index in [1.807, 2.05) is 24.3 Å². The van der Waals surface area contributed by atoms with Gasteiger partial charge in [-0.1, -0.05) is 12.1 Å². The number of benzene rings is 1. The van der Waals surface area contributed by atoms with Gasteiger partial charge in [0, 0.05) is 19.6 Å². The van der Waals surface area contributed by atoms with Crippen molar-refractivity contribution in [3.63, 3.8) is 0 Å². The van der Waals surface area contributed by atoms with Crippen LogP contribution in [-0.4, -0.2) is 67.7 Å². The molecule has 0 aliphatic carbocycles. The molecular weight excluding hydrogens is 434 g/mol. The highest BCUT2D eigenvalue weighted by atomic mass is 79.9. The summed E-state index contributed by atoms with van der Waals surface area (Å²) in [6.07, 6.45) is 2.84. The molecule has 4 aromatic rings. The van der Waals surface area contributed by atoms with Gasteiger partial charge in [-0.25, -0.2) is 4.98 Å². The second-order valence-corrected chi connectivity index (χ2v) is 8.13. The van der Waals surface area contributed by atoms with Crippen LogP contribution in [0.15, 0.2) is 34.9 Å². The van der Waals surface area contributed by atoms with Crippen molar-refractivity contribution in [2.45, 2.75) is 13.0 Å². The minimum Gasteiger partial charge on any atom is -0.347 e. The summed E-state index contributed by atoms with van der Waals surface area (Å²) in [4.78, 5) is 22.1. The summed E-state index contributed by atoms with van der Waals surface area (Å²) in [5, 5.41) is 7.79. The number of halogens is 1. The third-order valence-corrected chi connectivity index (χ3v) is 5.73. The maximum atomic E-state index is 4.80.